The summed E-state index contributed by atoms with van der Waals surface area (Å²) in [5, 5.41) is 6.01. The van der Waals surface area contributed by atoms with Crippen molar-refractivity contribution in [1.29, 1.82) is 0 Å². The smallest absolute Gasteiger partial charge is 0.256 e. The van der Waals surface area contributed by atoms with Gasteiger partial charge in [-0.1, -0.05) is 13.3 Å². The fourth-order valence-corrected chi connectivity index (χ4v) is 2.51. The Morgan fingerprint density at radius 1 is 1.29 bits per heavy atom. The molecule has 0 saturated carbocycles. The van der Waals surface area contributed by atoms with Crippen LogP contribution in [0.2, 0.25) is 0 Å². The molecule has 2 N–H and O–H groups in total. The number of hydrogen-bond acceptors (Lipinski definition) is 4. The number of amides is 1. The topological polar surface area (TPSA) is 67.9 Å². The van der Waals surface area contributed by atoms with E-state index in [4.69, 9.17) is 10.5 Å². The molecule has 114 valence electrons. The molecule has 1 aliphatic rings. The van der Waals surface area contributed by atoms with Crippen LogP contribution in [0.25, 0.3) is 0 Å². The standard InChI is InChI=1S/C16H23N3O2/c1-3-5-15-14(10-11-17)16(20)19(18-15)12-6-8-13(9-7-12)21-4-2/h6-9,14H,3-5,10-11,17H2,1-2H3. The van der Waals surface area contributed by atoms with E-state index in [0.29, 0.717) is 19.6 Å². The summed E-state index contributed by atoms with van der Waals surface area (Å²) in [5.41, 5.74) is 7.34. The van der Waals surface area contributed by atoms with Gasteiger partial charge < -0.3 is 10.5 Å². The number of nitrogens with two attached hydrogens (primary N) is 1. The highest BCUT2D eigenvalue weighted by atomic mass is 16.5. The van der Waals surface area contributed by atoms with Gasteiger partial charge in [0, 0.05) is 0 Å². The van der Waals surface area contributed by atoms with Crippen molar-refractivity contribution in [3.05, 3.63) is 24.3 Å². The van der Waals surface area contributed by atoms with Crippen molar-refractivity contribution in [3.63, 3.8) is 0 Å². The molecule has 1 amide bonds. The van der Waals surface area contributed by atoms with Gasteiger partial charge in [-0.2, -0.15) is 5.10 Å². The Kier molecular flexibility index (Phi) is 5.33. The van der Waals surface area contributed by atoms with E-state index in [2.05, 4.69) is 12.0 Å². The molecule has 1 unspecified atom stereocenters. The van der Waals surface area contributed by atoms with Crippen LogP contribution in [0.15, 0.2) is 29.4 Å². The van der Waals surface area contributed by atoms with E-state index in [-0.39, 0.29) is 11.8 Å². The third-order valence-electron chi connectivity index (χ3n) is 3.49. The monoisotopic (exact) mass is 289 g/mol. The average molecular weight is 289 g/mol. The van der Waals surface area contributed by atoms with Gasteiger partial charge in [0.25, 0.3) is 5.91 Å². The third-order valence-corrected chi connectivity index (χ3v) is 3.49. The molecule has 5 nitrogen and oxygen atoms in total. The van der Waals surface area contributed by atoms with Crippen LogP contribution >= 0.6 is 0 Å². The molecule has 2 rings (SSSR count). The van der Waals surface area contributed by atoms with Gasteiger partial charge in [-0.15, -0.1) is 0 Å². The van der Waals surface area contributed by atoms with Crippen LogP contribution in [0.3, 0.4) is 0 Å². The minimum Gasteiger partial charge on any atom is -0.494 e. The lowest BCUT2D eigenvalue weighted by Crippen LogP contribution is -2.29. The number of rotatable bonds is 7. The lowest BCUT2D eigenvalue weighted by atomic mass is 9.96. The van der Waals surface area contributed by atoms with Gasteiger partial charge in [0.05, 0.1) is 23.9 Å². The van der Waals surface area contributed by atoms with E-state index in [1.807, 2.05) is 31.2 Å². The molecule has 1 aromatic rings. The molecule has 5 heteroatoms. The lowest BCUT2D eigenvalue weighted by molar-refractivity contribution is -0.119. The Bertz CT molecular complexity index is 511. The fraction of sp³-hybridized carbons (Fsp3) is 0.500. The molecule has 0 bridgehead atoms. The maximum Gasteiger partial charge on any atom is 0.256 e. The Balaban J connectivity index is 2.20. The number of benzene rings is 1. The summed E-state index contributed by atoms with van der Waals surface area (Å²) in [7, 11) is 0. The zero-order valence-corrected chi connectivity index (χ0v) is 12.7. The fourth-order valence-electron chi connectivity index (χ4n) is 2.51. The molecular weight excluding hydrogens is 266 g/mol. The molecule has 1 aromatic carbocycles. The van der Waals surface area contributed by atoms with Crippen LogP contribution in [0.1, 0.15) is 33.1 Å². The van der Waals surface area contributed by atoms with Crippen LogP contribution in [0.5, 0.6) is 5.75 Å². The van der Waals surface area contributed by atoms with Gasteiger partial charge in [-0.25, -0.2) is 5.01 Å². The van der Waals surface area contributed by atoms with Crippen molar-refractivity contribution in [3.8, 4) is 5.75 Å². The van der Waals surface area contributed by atoms with Crippen LogP contribution in [-0.2, 0) is 4.79 Å². The first-order chi connectivity index (χ1) is 10.2. The highest BCUT2D eigenvalue weighted by molar-refractivity contribution is 6.15. The van der Waals surface area contributed by atoms with Gasteiger partial charge in [0.15, 0.2) is 0 Å². The van der Waals surface area contributed by atoms with Crippen molar-refractivity contribution >= 4 is 17.3 Å². The number of anilines is 1. The largest absolute Gasteiger partial charge is 0.494 e. The maximum absolute atomic E-state index is 12.5. The van der Waals surface area contributed by atoms with Crippen LogP contribution in [-0.4, -0.2) is 24.8 Å². The van der Waals surface area contributed by atoms with Crippen molar-refractivity contribution in [1.82, 2.24) is 0 Å². The molecule has 0 radical (unpaired) electrons. The van der Waals surface area contributed by atoms with E-state index in [1.165, 1.54) is 5.01 Å². The molecule has 0 aromatic heterocycles. The van der Waals surface area contributed by atoms with Crippen molar-refractivity contribution in [2.75, 3.05) is 18.2 Å². The highest BCUT2D eigenvalue weighted by Crippen LogP contribution is 2.28. The van der Waals surface area contributed by atoms with Crippen molar-refractivity contribution in [2.24, 2.45) is 16.8 Å². The predicted molar refractivity (Wildman–Crippen MR) is 84.6 cm³/mol. The first kappa shape index (κ1) is 15.5. The van der Waals surface area contributed by atoms with Gasteiger partial charge >= 0.3 is 0 Å². The van der Waals surface area contributed by atoms with E-state index in [1.54, 1.807) is 0 Å². The lowest BCUT2D eigenvalue weighted by Gasteiger charge is -2.14. The van der Waals surface area contributed by atoms with E-state index < -0.39 is 0 Å². The van der Waals surface area contributed by atoms with Crippen LogP contribution in [0, 0.1) is 5.92 Å². The summed E-state index contributed by atoms with van der Waals surface area (Å²) >= 11 is 0. The second-order valence-corrected chi connectivity index (χ2v) is 5.05. The molecule has 1 aliphatic heterocycles. The molecule has 21 heavy (non-hydrogen) atoms. The van der Waals surface area contributed by atoms with Gasteiger partial charge in [0.2, 0.25) is 0 Å². The summed E-state index contributed by atoms with van der Waals surface area (Å²) in [6, 6.07) is 7.44. The molecule has 0 saturated heterocycles. The number of hydrazone groups is 1. The van der Waals surface area contributed by atoms with E-state index in [0.717, 1.165) is 30.0 Å². The highest BCUT2D eigenvalue weighted by Gasteiger charge is 2.35. The van der Waals surface area contributed by atoms with Crippen molar-refractivity contribution < 1.29 is 9.53 Å². The Hall–Kier alpha value is -1.88. The number of nitrogens with zero attached hydrogens (tertiary/aromatic N) is 2. The molecule has 0 fully saturated rings. The second-order valence-electron chi connectivity index (χ2n) is 5.05. The summed E-state index contributed by atoms with van der Waals surface area (Å²) in [4.78, 5) is 12.5. The number of carbonyl (C=O) groups excluding carboxylic acids is 1. The number of ether oxygens (including phenoxy) is 1. The SMILES string of the molecule is CCCC1=NN(c2ccc(OCC)cc2)C(=O)C1CCN. The normalized spacial score (nSPS) is 18.0. The Labute approximate surface area is 125 Å². The first-order valence-corrected chi connectivity index (χ1v) is 7.55. The van der Waals surface area contributed by atoms with Crippen LogP contribution in [0.4, 0.5) is 5.69 Å². The third kappa shape index (κ3) is 3.42. The molecular formula is C16H23N3O2. The van der Waals surface area contributed by atoms with Gasteiger partial charge in [0.1, 0.15) is 5.75 Å². The Morgan fingerprint density at radius 3 is 2.57 bits per heavy atom. The predicted octanol–water partition coefficient (Wildman–Crippen LogP) is 2.55. The molecule has 1 atom stereocenters. The zero-order valence-electron chi connectivity index (χ0n) is 12.7. The average Bonchev–Trinajstić information content (AvgIpc) is 2.79. The minimum atomic E-state index is -0.165. The van der Waals surface area contributed by atoms with E-state index >= 15 is 0 Å². The van der Waals surface area contributed by atoms with Crippen molar-refractivity contribution in [2.45, 2.75) is 33.1 Å². The zero-order chi connectivity index (χ0) is 15.2. The minimum absolute atomic E-state index is 0.0214. The second kappa shape index (κ2) is 7.22. The van der Waals surface area contributed by atoms with Crippen LogP contribution < -0.4 is 15.5 Å². The summed E-state index contributed by atoms with van der Waals surface area (Å²) in [6.07, 6.45) is 2.47. The molecule has 0 aliphatic carbocycles. The summed E-state index contributed by atoms with van der Waals surface area (Å²) < 4.78 is 5.41. The Morgan fingerprint density at radius 2 is 2.00 bits per heavy atom. The number of carbonyl (C=O) groups is 1. The van der Waals surface area contributed by atoms with Gasteiger partial charge in [-0.05, 0) is 50.6 Å². The first-order valence-electron chi connectivity index (χ1n) is 7.55. The molecule has 1 heterocycles. The number of hydrogen-bond donors (Lipinski definition) is 1. The van der Waals surface area contributed by atoms with Gasteiger partial charge in [-0.3, -0.25) is 4.79 Å². The quantitative estimate of drug-likeness (QED) is 0.838. The maximum atomic E-state index is 12.5. The van der Waals surface area contributed by atoms with E-state index in [9.17, 15) is 4.79 Å². The summed E-state index contributed by atoms with van der Waals surface area (Å²) in [6.45, 7) is 5.15. The molecule has 0 spiro atoms. The summed E-state index contributed by atoms with van der Waals surface area (Å²) in [5.74, 6) is 0.652.